The smallest absolute Gasteiger partial charge is 0.299 e. The summed E-state index contributed by atoms with van der Waals surface area (Å²) in [6.45, 7) is 0. The van der Waals surface area contributed by atoms with Crippen molar-refractivity contribution in [3.05, 3.63) is 35.4 Å². The molecule has 21 heavy (non-hydrogen) atoms. The van der Waals surface area contributed by atoms with Crippen LogP contribution in [0.15, 0.2) is 24.3 Å². The van der Waals surface area contributed by atoms with Gasteiger partial charge in [-0.15, -0.1) is 0 Å². The number of benzene rings is 1. The second kappa shape index (κ2) is 6.41. The summed E-state index contributed by atoms with van der Waals surface area (Å²) in [5.74, 6) is 0.343. The Morgan fingerprint density at radius 1 is 1.00 bits per heavy atom. The number of carbonyl (C=O) groups is 2. The van der Waals surface area contributed by atoms with Crippen LogP contribution in [0, 0.1) is 5.92 Å². The van der Waals surface area contributed by atoms with E-state index < -0.39 is 11.7 Å². The second-order valence-electron chi connectivity index (χ2n) is 5.45. The summed E-state index contributed by atoms with van der Waals surface area (Å²) in [5.41, 5.74) is -0.467. The lowest BCUT2D eigenvalue weighted by molar-refractivity contribution is -0.137. The number of hydrogen-bond donors (Lipinski definition) is 0. The normalized spacial score (nSPS) is 15.0. The maximum atomic E-state index is 12.4. The summed E-state index contributed by atoms with van der Waals surface area (Å²) in [4.78, 5) is 23.3. The number of halogens is 3. The number of carbonyl (C=O) groups excluding carboxylic acids is 2. The first-order valence-electron chi connectivity index (χ1n) is 7.11. The third kappa shape index (κ3) is 4.69. The van der Waals surface area contributed by atoms with Crippen molar-refractivity contribution < 1.29 is 22.8 Å². The molecule has 0 unspecified atom stereocenters. The van der Waals surface area contributed by atoms with E-state index in [2.05, 4.69) is 0 Å². The zero-order valence-electron chi connectivity index (χ0n) is 11.6. The zero-order chi connectivity index (χ0) is 15.5. The fraction of sp³-hybridized carbons (Fsp3) is 0.500. The third-order valence-corrected chi connectivity index (χ3v) is 3.64. The van der Waals surface area contributed by atoms with Crippen LogP contribution >= 0.6 is 0 Å². The average molecular weight is 298 g/mol. The maximum absolute atomic E-state index is 12.4. The van der Waals surface area contributed by atoms with Gasteiger partial charge in [-0.05, 0) is 37.8 Å². The number of hydrogen-bond acceptors (Lipinski definition) is 2. The van der Waals surface area contributed by atoms with Crippen LogP contribution in [0.3, 0.4) is 0 Å². The molecule has 2 rings (SSSR count). The Morgan fingerprint density at radius 3 is 2.10 bits per heavy atom. The fourth-order valence-electron chi connectivity index (χ4n) is 2.18. The van der Waals surface area contributed by atoms with Gasteiger partial charge in [-0.2, -0.15) is 13.2 Å². The number of unbranched alkanes of at least 4 members (excludes halogenated alkanes) is 1. The molecule has 2 nitrogen and oxygen atoms in total. The molecule has 1 aromatic carbocycles. The van der Waals surface area contributed by atoms with Crippen molar-refractivity contribution in [3.8, 4) is 0 Å². The number of ketones is 2. The summed E-state index contributed by atoms with van der Waals surface area (Å²) in [5, 5.41) is 0. The molecular formula is C16H17F3O2. The average Bonchev–Trinajstić information content (AvgIpc) is 3.27. The topological polar surface area (TPSA) is 34.1 Å². The van der Waals surface area contributed by atoms with Gasteiger partial charge in [-0.1, -0.05) is 12.1 Å². The molecule has 1 fully saturated rings. The molecule has 114 valence electrons. The number of rotatable bonds is 7. The van der Waals surface area contributed by atoms with Gasteiger partial charge in [0.15, 0.2) is 5.78 Å². The minimum absolute atomic E-state index is 0.178. The highest BCUT2D eigenvalue weighted by Crippen LogP contribution is 2.31. The molecular weight excluding hydrogens is 281 g/mol. The van der Waals surface area contributed by atoms with Gasteiger partial charge in [0, 0.05) is 24.3 Å². The molecule has 1 aliphatic rings. The highest BCUT2D eigenvalue weighted by atomic mass is 19.4. The molecule has 1 aliphatic carbocycles. The van der Waals surface area contributed by atoms with Crippen molar-refractivity contribution in [2.45, 2.75) is 44.7 Å². The third-order valence-electron chi connectivity index (χ3n) is 3.64. The van der Waals surface area contributed by atoms with Gasteiger partial charge in [-0.25, -0.2) is 0 Å². The van der Waals surface area contributed by atoms with Crippen molar-refractivity contribution >= 4 is 11.6 Å². The first-order chi connectivity index (χ1) is 9.88. The molecule has 0 atom stereocenters. The van der Waals surface area contributed by atoms with E-state index in [1.165, 1.54) is 12.1 Å². The SMILES string of the molecule is O=C(CCCCC(=O)C1CC1)c1ccc(C(F)(F)F)cc1. The van der Waals surface area contributed by atoms with E-state index in [1.807, 2.05) is 0 Å². The molecule has 5 heteroatoms. The largest absolute Gasteiger partial charge is 0.416 e. The molecule has 0 aromatic heterocycles. The predicted molar refractivity (Wildman–Crippen MR) is 72.0 cm³/mol. The van der Waals surface area contributed by atoms with Crippen LogP contribution in [0.5, 0.6) is 0 Å². The minimum Gasteiger partial charge on any atom is -0.299 e. The Kier molecular flexibility index (Phi) is 4.80. The van der Waals surface area contributed by atoms with Crippen molar-refractivity contribution in [3.63, 3.8) is 0 Å². The van der Waals surface area contributed by atoms with Gasteiger partial charge < -0.3 is 0 Å². The van der Waals surface area contributed by atoms with E-state index in [-0.39, 0.29) is 29.5 Å². The second-order valence-corrected chi connectivity index (χ2v) is 5.45. The summed E-state index contributed by atoms with van der Waals surface area (Å²) in [7, 11) is 0. The zero-order valence-corrected chi connectivity index (χ0v) is 11.6. The molecule has 1 aromatic rings. The molecule has 0 heterocycles. The lowest BCUT2D eigenvalue weighted by Gasteiger charge is -2.07. The molecule has 0 amide bonds. The van der Waals surface area contributed by atoms with E-state index in [1.54, 1.807) is 0 Å². The Bertz CT molecular complexity index is 513. The van der Waals surface area contributed by atoms with Gasteiger partial charge in [-0.3, -0.25) is 9.59 Å². The standard InChI is InChI=1S/C16H17F3O2/c17-16(18,19)13-9-7-12(8-10-13)15(21)4-2-1-3-14(20)11-5-6-11/h7-11H,1-6H2. The van der Waals surface area contributed by atoms with E-state index in [4.69, 9.17) is 0 Å². The van der Waals surface area contributed by atoms with Crippen LogP contribution in [-0.4, -0.2) is 11.6 Å². The van der Waals surface area contributed by atoms with Crippen LogP contribution < -0.4 is 0 Å². The van der Waals surface area contributed by atoms with Gasteiger partial charge in [0.1, 0.15) is 5.78 Å². The van der Waals surface area contributed by atoms with Crippen LogP contribution in [0.2, 0.25) is 0 Å². The summed E-state index contributed by atoms with van der Waals surface area (Å²) in [6.07, 6.45) is -0.369. The number of alkyl halides is 3. The summed E-state index contributed by atoms with van der Waals surface area (Å²) >= 11 is 0. The first-order valence-corrected chi connectivity index (χ1v) is 7.11. The molecule has 0 radical (unpaired) electrons. The molecule has 0 bridgehead atoms. The van der Waals surface area contributed by atoms with Crippen LogP contribution in [0.25, 0.3) is 0 Å². The van der Waals surface area contributed by atoms with Crippen LogP contribution in [0.4, 0.5) is 13.2 Å². The predicted octanol–water partition coefficient (Wildman–Crippen LogP) is 4.43. The van der Waals surface area contributed by atoms with Crippen molar-refractivity contribution in [2.75, 3.05) is 0 Å². The Morgan fingerprint density at radius 2 is 1.57 bits per heavy atom. The van der Waals surface area contributed by atoms with Crippen molar-refractivity contribution in [1.29, 1.82) is 0 Å². The molecule has 0 aliphatic heterocycles. The Labute approximate surface area is 121 Å². The lowest BCUT2D eigenvalue weighted by atomic mass is 10.0. The molecule has 1 saturated carbocycles. The van der Waals surface area contributed by atoms with Crippen LogP contribution in [-0.2, 0) is 11.0 Å². The Hall–Kier alpha value is -1.65. The van der Waals surface area contributed by atoms with Gasteiger partial charge in [0.05, 0.1) is 5.56 Å². The van der Waals surface area contributed by atoms with E-state index in [9.17, 15) is 22.8 Å². The van der Waals surface area contributed by atoms with Crippen molar-refractivity contribution in [1.82, 2.24) is 0 Å². The van der Waals surface area contributed by atoms with Gasteiger partial charge in [0.2, 0.25) is 0 Å². The summed E-state index contributed by atoms with van der Waals surface area (Å²) in [6, 6.07) is 4.26. The van der Waals surface area contributed by atoms with Gasteiger partial charge >= 0.3 is 6.18 Å². The highest BCUT2D eigenvalue weighted by Gasteiger charge is 2.30. The Balaban J connectivity index is 1.76. The lowest BCUT2D eigenvalue weighted by Crippen LogP contribution is -2.06. The molecule has 0 saturated heterocycles. The van der Waals surface area contributed by atoms with E-state index in [0.29, 0.717) is 19.3 Å². The first kappa shape index (κ1) is 15.7. The maximum Gasteiger partial charge on any atom is 0.416 e. The van der Waals surface area contributed by atoms with E-state index >= 15 is 0 Å². The summed E-state index contributed by atoms with van der Waals surface area (Å²) < 4.78 is 37.2. The monoisotopic (exact) mass is 298 g/mol. The number of Topliss-reactive ketones (excluding diaryl/α,β-unsaturated/α-hetero) is 2. The fourth-order valence-corrected chi connectivity index (χ4v) is 2.18. The molecule has 0 spiro atoms. The van der Waals surface area contributed by atoms with Crippen molar-refractivity contribution in [2.24, 2.45) is 5.92 Å². The highest BCUT2D eigenvalue weighted by molar-refractivity contribution is 5.96. The molecule has 0 N–H and O–H groups in total. The minimum atomic E-state index is -4.38. The van der Waals surface area contributed by atoms with Crippen LogP contribution in [0.1, 0.15) is 54.4 Å². The van der Waals surface area contributed by atoms with Gasteiger partial charge in [0.25, 0.3) is 0 Å². The van der Waals surface area contributed by atoms with E-state index in [0.717, 1.165) is 25.0 Å². The quantitative estimate of drug-likeness (QED) is 0.551.